The molecule has 138 valence electrons. The largest absolute Gasteiger partial charge is 0.492 e. The number of benzene rings is 1. The molecule has 0 spiro atoms. The van der Waals surface area contributed by atoms with Gasteiger partial charge in [0, 0.05) is 31.9 Å². The number of hydrogen-bond donors (Lipinski definition) is 2. The summed E-state index contributed by atoms with van der Waals surface area (Å²) in [7, 11) is 0. The molecule has 0 aliphatic heterocycles. The molecular formula is C19H22ClN3O3. The summed E-state index contributed by atoms with van der Waals surface area (Å²) in [5, 5.41) is 6.17. The fraction of sp³-hybridized carbons (Fsp3) is 0.316. The van der Waals surface area contributed by atoms with Crippen LogP contribution in [0, 0.1) is 0 Å². The van der Waals surface area contributed by atoms with Crippen molar-refractivity contribution in [1.29, 1.82) is 0 Å². The van der Waals surface area contributed by atoms with E-state index in [2.05, 4.69) is 15.6 Å². The molecule has 2 aromatic rings. The summed E-state index contributed by atoms with van der Waals surface area (Å²) < 4.78 is 5.53. The fourth-order valence-electron chi connectivity index (χ4n) is 2.18. The number of aromatic nitrogens is 1. The van der Waals surface area contributed by atoms with E-state index in [4.69, 9.17) is 16.3 Å². The number of ether oxygens (including phenoxy) is 1. The summed E-state index contributed by atoms with van der Waals surface area (Å²) in [4.78, 5) is 27.4. The lowest BCUT2D eigenvalue weighted by molar-refractivity contribution is -0.121. The van der Waals surface area contributed by atoms with Crippen LogP contribution in [0.2, 0.25) is 5.02 Å². The van der Waals surface area contributed by atoms with Crippen molar-refractivity contribution in [2.75, 3.05) is 19.7 Å². The Morgan fingerprint density at radius 2 is 1.85 bits per heavy atom. The number of hydrogen-bond acceptors (Lipinski definition) is 4. The van der Waals surface area contributed by atoms with E-state index in [1.807, 2.05) is 12.1 Å². The van der Waals surface area contributed by atoms with E-state index in [1.54, 1.807) is 30.5 Å². The lowest BCUT2D eigenvalue weighted by Crippen LogP contribution is -2.30. The Morgan fingerprint density at radius 3 is 2.62 bits per heavy atom. The van der Waals surface area contributed by atoms with Crippen molar-refractivity contribution >= 4 is 23.4 Å². The highest BCUT2D eigenvalue weighted by Crippen LogP contribution is 2.23. The summed E-state index contributed by atoms with van der Waals surface area (Å²) >= 11 is 5.99. The van der Waals surface area contributed by atoms with Crippen molar-refractivity contribution in [1.82, 2.24) is 15.6 Å². The van der Waals surface area contributed by atoms with Crippen LogP contribution < -0.4 is 15.4 Å². The second kappa shape index (κ2) is 11.1. The van der Waals surface area contributed by atoms with Gasteiger partial charge in [0.15, 0.2) is 0 Å². The van der Waals surface area contributed by atoms with Crippen molar-refractivity contribution in [2.45, 2.75) is 19.3 Å². The maximum Gasteiger partial charge on any atom is 0.252 e. The molecule has 2 rings (SSSR count). The third kappa shape index (κ3) is 7.11. The van der Waals surface area contributed by atoms with Crippen molar-refractivity contribution in [3.63, 3.8) is 0 Å². The zero-order valence-electron chi connectivity index (χ0n) is 14.4. The average molecular weight is 376 g/mol. The third-order valence-electron chi connectivity index (χ3n) is 3.53. The van der Waals surface area contributed by atoms with Gasteiger partial charge < -0.3 is 15.4 Å². The van der Waals surface area contributed by atoms with Gasteiger partial charge in [-0.15, -0.1) is 0 Å². The highest BCUT2D eigenvalue weighted by molar-refractivity contribution is 6.32. The lowest BCUT2D eigenvalue weighted by atomic mass is 10.2. The molecule has 0 aliphatic carbocycles. The number of nitrogens with zero attached hydrogens (tertiary/aromatic N) is 1. The molecule has 0 aliphatic rings. The highest BCUT2D eigenvalue weighted by atomic mass is 35.5. The van der Waals surface area contributed by atoms with Gasteiger partial charge in [0.1, 0.15) is 5.75 Å². The van der Waals surface area contributed by atoms with Crippen LogP contribution in [0.5, 0.6) is 5.75 Å². The predicted molar refractivity (Wildman–Crippen MR) is 100 cm³/mol. The number of halogens is 1. The van der Waals surface area contributed by atoms with E-state index in [-0.39, 0.29) is 11.8 Å². The molecule has 1 aromatic heterocycles. The van der Waals surface area contributed by atoms with Gasteiger partial charge in [-0.05, 0) is 37.1 Å². The Morgan fingerprint density at radius 1 is 1.04 bits per heavy atom. The van der Waals surface area contributed by atoms with Gasteiger partial charge >= 0.3 is 0 Å². The van der Waals surface area contributed by atoms with Crippen molar-refractivity contribution in [3.05, 3.63) is 59.4 Å². The maximum absolute atomic E-state index is 11.8. The number of amides is 2. The van der Waals surface area contributed by atoms with E-state index in [9.17, 15) is 9.59 Å². The van der Waals surface area contributed by atoms with E-state index in [0.717, 1.165) is 0 Å². The number of carbonyl (C=O) groups excluding carboxylic acids is 2. The first-order chi connectivity index (χ1) is 12.7. The number of nitrogens with one attached hydrogen (secondary N) is 2. The summed E-state index contributed by atoms with van der Waals surface area (Å²) in [5.41, 5.74) is 0.523. The molecule has 1 heterocycles. The first-order valence-electron chi connectivity index (χ1n) is 8.49. The molecule has 1 aromatic carbocycles. The van der Waals surface area contributed by atoms with E-state index < -0.39 is 0 Å². The van der Waals surface area contributed by atoms with Gasteiger partial charge in [-0.25, -0.2) is 0 Å². The predicted octanol–water partition coefficient (Wildman–Crippen LogP) is 2.83. The summed E-state index contributed by atoms with van der Waals surface area (Å²) in [6.45, 7) is 1.43. The highest BCUT2D eigenvalue weighted by Gasteiger charge is 2.05. The zero-order valence-corrected chi connectivity index (χ0v) is 15.2. The molecule has 0 bridgehead atoms. The monoisotopic (exact) mass is 375 g/mol. The summed E-state index contributed by atoms with van der Waals surface area (Å²) in [5.74, 6) is 0.423. The zero-order chi connectivity index (χ0) is 18.6. The topological polar surface area (TPSA) is 80.3 Å². The van der Waals surface area contributed by atoms with Gasteiger partial charge in [-0.1, -0.05) is 23.7 Å². The van der Waals surface area contributed by atoms with Crippen LogP contribution in [0.3, 0.4) is 0 Å². The SMILES string of the molecule is O=C(CCCOc1ccccc1Cl)NCCCNC(=O)c1cccnc1. The Labute approximate surface area is 157 Å². The van der Waals surface area contributed by atoms with Crippen LogP contribution in [-0.2, 0) is 4.79 Å². The number of para-hydroxylation sites is 1. The smallest absolute Gasteiger partial charge is 0.252 e. The molecule has 0 fully saturated rings. The summed E-state index contributed by atoms with van der Waals surface area (Å²) in [6.07, 6.45) is 4.78. The Bertz CT molecular complexity index is 710. The Kier molecular flexibility index (Phi) is 8.42. The average Bonchev–Trinajstić information content (AvgIpc) is 2.67. The van der Waals surface area contributed by atoms with Crippen molar-refractivity contribution < 1.29 is 14.3 Å². The normalized spacial score (nSPS) is 10.2. The minimum atomic E-state index is -0.166. The lowest BCUT2D eigenvalue weighted by Gasteiger charge is -2.08. The molecule has 0 radical (unpaired) electrons. The maximum atomic E-state index is 11.8. The molecule has 0 unspecified atom stereocenters. The standard InChI is InChI=1S/C19H22ClN3O3/c20-16-7-1-2-8-17(16)26-13-4-9-18(24)22-11-5-12-23-19(25)15-6-3-10-21-14-15/h1-3,6-8,10,14H,4-5,9,11-13H2,(H,22,24)(H,23,25). The van der Waals surface area contributed by atoms with Crippen LogP contribution in [0.1, 0.15) is 29.6 Å². The number of carbonyl (C=O) groups is 2. The minimum Gasteiger partial charge on any atom is -0.492 e. The quantitative estimate of drug-likeness (QED) is 0.626. The van der Waals surface area contributed by atoms with Crippen molar-refractivity contribution in [3.8, 4) is 5.75 Å². The van der Waals surface area contributed by atoms with Crippen LogP contribution >= 0.6 is 11.6 Å². The van der Waals surface area contributed by atoms with E-state index in [1.165, 1.54) is 6.20 Å². The molecule has 2 amide bonds. The second-order valence-corrected chi connectivity index (χ2v) is 5.99. The molecule has 26 heavy (non-hydrogen) atoms. The molecule has 0 atom stereocenters. The van der Waals surface area contributed by atoms with Gasteiger partial charge in [0.2, 0.25) is 5.91 Å². The fourth-order valence-corrected chi connectivity index (χ4v) is 2.37. The molecule has 7 heteroatoms. The molecule has 6 nitrogen and oxygen atoms in total. The van der Waals surface area contributed by atoms with Crippen LogP contribution in [0.25, 0.3) is 0 Å². The van der Waals surface area contributed by atoms with Gasteiger partial charge in [-0.2, -0.15) is 0 Å². The third-order valence-corrected chi connectivity index (χ3v) is 3.84. The van der Waals surface area contributed by atoms with Gasteiger partial charge in [0.05, 0.1) is 17.2 Å². The summed E-state index contributed by atoms with van der Waals surface area (Å²) in [6, 6.07) is 10.7. The Hall–Kier alpha value is -2.60. The van der Waals surface area contributed by atoms with Crippen LogP contribution in [0.4, 0.5) is 0 Å². The minimum absolute atomic E-state index is 0.0358. The molecule has 0 saturated carbocycles. The molecule has 0 saturated heterocycles. The van der Waals surface area contributed by atoms with Gasteiger partial charge in [0.25, 0.3) is 5.91 Å². The Balaban J connectivity index is 1.50. The van der Waals surface area contributed by atoms with Crippen LogP contribution in [-0.4, -0.2) is 36.5 Å². The first kappa shape index (κ1) is 19.7. The molecule has 2 N–H and O–H groups in total. The first-order valence-corrected chi connectivity index (χ1v) is 8.87. The second-order valence-electron chi connectivity index (χ2n) is 5.58. The van der Waals surface area contributed by atoms with E-state index in [0.29, 0.717) is 55.3 Å². The number of pyridine rings is 1. The van der Waals surface area contributed by atoms with E-state index >= 15 is 0 Å². The van der Waals surface area contributed by atoms with Crippen LogP contribution in [0.15, 0.2) is 48.8 Å². The molecular weight excluding hydrogens is 354 g/mol. The number of rotatable bonds is 10. The van der Waals surface area contributed by atoms with Crippen molar-refractivity contribution in [2.24, 2.45) is 0 Å². The van der Waals surface area contributed by atoms with Gasteiger partial charge in [-0.3, -0.25) is 14.6 Å².